The number of quaternary nitrogens is 1. The first kappa shape index (κ1) is 21.8. The number of hydrogen-bond acceptors (Lipinski definition) is 3. The van der Waals surface area contributed by atoms with Gasteiger partial charge in [0.1, 0.15) is 0 Å². The van der Waals surface area contributed by atoms with Crippen molar-refractivity contribution in [2.75, 3.05) is 19.6 Å². The van der Waals surface area contributed by atoms with Crippen molar-refractivity contribution >= 4 is 11.6 Å². The van der Waals surface area contributed by atoms with Gasteiger partial charge in [-0.05, 0) is 32.1 Å². The van der Waals surface area contributed by atoms with E-state index in [1.807, 2.05) is 10.6 Å². The van der Waals surface area contributed by atoms with Crippen LogP contribution >= 0.6 is 0 Å². The number of nitrogens with zero attached hydrogens (tertiary/aromatic N) is 3. The number of aromatic nitrogens is 3. The van der Waals surface area contributed by atoms with Crippen LogP contribution in [0.1, 0.15) is 94.9 Å². The van der Waals surface area contributed by atoms with Gasteiger partial charge in [-0.15, -0.1) is 0 Å². The molecule has 2 aromatic heterocycles. The molecule has 2 N–H and O–H groups in total. The number of carbonyl (C=O) groups excluding carboxylic acids is 1. The van der Waals surface area contributed by atoms with Crippen molar-refractivity contribution in [2.24, 2.45) is 0 Å². The largest absolute Gasteiger partial charge is 0.352 e. The van der Waals surface area contributed by atoms with E-state index in [9.17, 15) is 4.79 Å². The molecule has 1 amide bonds. The molecule has 6 heteroatoms. The maximum Gasteiger partial charge on any atom is 0.254 e. The summed E-state index contributed by atoms with van der Waals surface area (Å²) in [5.41, 5.74) is 3.30. The second kappa shape index (κ2) is 8.82. The average Bonchev–Trinajstić information content (AvgIpc) is 3.10. The summed E-state index contributed by atoms with van der Waals surface area (Å²) in [4.78, 5) is 19.1. The summed E-state index contributed by atoms with van der Waals surface area (Å²) in [6, 6.07) is 2.77. The third-order valence-corrected chi connectivity index (χ3v) is 6.12. The fourth-order valence-corrected chi connectivity index (χ4v) is 4.29. The molecule has 6 nitrogen and oxygen atoms in total. The first-order chi connectivity index (χ1) is 13.7. The van der Waals surface area contributed by atoms with E-state index in [0.717, 1.165) is 36.0 Å². The first-order valence-corrected chi connectivity index (χ1v) is 11.2. The molecule has 0 saturated carbocycles. The summed E-state index contributed by atoms with van der Waals surface area (Å²) in [5.74, 6) is 0.130. The van der Waals surface area contributed by atoms with Crippen LogP contribution in [0.3, 0.4) is 0 Å². The number of hydrogen-bond donors (Lipinski definition) is 2. The van der Waals surface area contributed by atoms with Gasteiger partial charge in [0.25, 0.3) is 5.91 Å². The molecule has 160 valence electrons. The molecule has 0 spiro atoms. The molecule has 3 heterocycles. The van der Waals surface area contributed by atoms with Crippen LogP contribution in [0.4, 0.5) is 0 Å². The maximum absolute atomic E-state index is 12.9. The summed E-state index contributed by atoms with van der Waals surface area (Å²) in [6.07, 6.45) is 6.74. The highest BCUT2D eigenvalue weighted by Crippen LogP contribution is 2.25. The number of rotatable bonds is 6. The Kier molecular flexibility index (Phi) is 6.62. The number of amides is 1. The van der Waals surface area contributed by atoms with Crippen LogP contribution in [0.5, 0.6) is 0 Å². The van der Waals surface area contributed by atoms with Crippen LogP contribution in [0, 0.1) is 0 Å². The third-order valence-electron chi connectivity index (χ3n) is 6.12. The molecule has 2 aromatic rings. The van der Waals surface area contributed by atoms with Gasteiger partial charge in [0, 0.05) is 30.6 Å². The predicted octanol–water partition coefficient (Wildman–Crippen LogP) is 2.73. The lowest BCUT2D eigenvalue weighted by molar-refractivity contribution is -0.928. The van der Waals surface area contributed by atoms with Gasteiger partial charge in [-0.2, -0.15) is 5.10 Å². The van der Waals surface area contributed by atoms with Crippen molar-refractivity contribution < 1.29 is 9.69 Å². The molecule has 1 fully saturated rings. The lowest BCUT2D eigenvalue weighted by atomic mass is 9.93. The summed E-state index contributed by atoms with van der Waals surface area (Å²) in [6.45, 7) is 16.1. The van der Waals surface area contributed by atoms with Gasteiger partial charge in [0.15, 0.2) is 5.65 Å². The zero-order valence-corrected chi connectivity index (χ0v) is 19.0. The van der Waals surface area contributed by atoms with Gasteiger partial charge in [-0.25, -0.2) is 9.50 Å². The number of piperidine rings is 1. The first-order valence-electron chi connectivity index (χ1n) is 11.2. The number of likely N-dealkylation sites (tertiary alicyclic amines) is 1. The van der Waals surface area contributed by atoms with Crippen LogP contribution in [-0.2, 0) is 5.41 Å². The predicted molar refractivity (Wildman–Crippen MR) is 117 cm³/mol. The molecule has 0 aliphatic carbocycles. The summed E-state index contributed by atoms with van der Waals surface area (Å²) < 4.78 is 1.86. The Morgan fingerprint density at radius 3 is 2.76 bits per heavy atom. The van der Waals surface area contributed by atoms with Crippen LogP contribution < -0.4 is 10.2 Å². The van der Waals surface area contributed by atoms with Gasteiger partial charge >= 0.3 is 0 Å². The molecule has 1 unspecified atom stereocenters. The molecule has 1 saturated heterocycles. The highest BCUT2D eigenvalue weighted by atomic mass is 16.1. The van der Waals surface area contributed by atoms with E-state index in [4.69, 9.17) is 5.10 Å². The summed E-state index contributed by atoms with van der Waals surface area (Å²) in [5, 5.41) is 7.90. The highest BCUT2D eigenvalue weighted by Gasteiger charge is 2.24. The zero-order chi connectivity index (χ0) is 21.2. The molecule has 0 radical (unpaired) electrons. The molecule has 2 atom stereocenters. The lowest BCUT2D eigenvalue weighted by Crippen LogP contribution is -3.16. The topological polar surface area (TPSA) is 63.7 Å². The van der Waals surface area contributed by atoms with Gasteiger partial charge in [-0.1, -0.05) is 34.6 Å². The second-order valence-electron chi connectivity index (χ2n) is 9.93. The smallest absolute Gasteiger partial charge is 0.254 e. The highest BCUT2D eigenvalue weighted by molar-refractivity contribution is 5.95. The fraction of sp³-hybridized carbons (Fsp3) is 0.696. The van der Waals surface area contributed by atoms with E-state index in [0.29, 0.717) is 12.1 Å². The van der Waals surface area contributed by atoms with E-state index in [1.165, 1.54) is 25.8 Å². The fourth-order valence-electron chi connectivity index (χ4n) is 4.29. The van der Waals surface area contributed by atoms with E-state index >= 15 is 0 Å². The van der Waals surface area contributed by atoms with Crippen LogP contribution in [0.25, 0.3) is 5.65 Å². The van der Waals surface area contributed by atoms with Crippen molar-refractivity contribution in [3.63, 3.8) is 0 Å². The Labute approximate surface area is 175 Å². The molecule has 1 aliphatic heterocycles. The minimum Gasteiger partial charge on any atom is -0.352 e. The molecule has 0 bridgehead atoms. The number of fused-ring (bicyclic) bond motifs is 1. The normalized spacial score (nSPS) is 20.4. The molecule has 0 aromatic carbocycles. The van der Waals surface area contributed by atoms with Gasteiger partial charge in [0.05, 0.1) is 36.1 Å². The molecule has 3 rings (SSSR count). The van der Waals surface area contributed by atoms with Gasteiger partial charge in [-0.3, -0.25) is 4.79 Å². The Bertz CT molecular complexity index is 849. The molecular weight excluding hydrogens is 362 g/mol. The Balaban J connectivity index is 1.71. The van der Waals surface area contributed by atoms with Gasteiger partial charge < -0.3 is 10.2 Å². The van der Waals surface area contributed by atoms with Crippen molar-refractivity contribution in [1.82, 2.24) is 19.9 Å². The third kappa shape index (κ3) is 4.97. The molecule has 29 heavy (non-hydrogen) atoms. The second-order valence-corrected chi connectivity index (χ2v) is 9.93. The van der Waals surface area contributed by atoms with Crippen LogP contribution in [0.15, 0.2) is 12.3 Å². The van der Waals surface area contributed by atoms with Crippen molar-refractivity contribution in [2.45, 2.75) is 84.6 Å². The van der Waals surface area contributed by atoms with E-state index in [-0.39, 0.29) is 17.2 Å². The molecular formula is C23H38N5O+. The van der Waals surface area contributed by atoms with E-state index in [2.05, 4.69) is 51.8 Å². The lowest BCUT2D eigenvalue weighted by Gasteiger charge is -2.30. The Morgan fingerprint density at radius 1 is 1.34 bits per heavy atom. The monoisotopic (exact) mass is 400 g/mol. The van der Waals surface area contributed by atoms with Crippen LogP contribution in [0.2, 0.25) is 0 Å². The maximum atomic E-state index is 12.9. The SMILES string of the molecule is CC(C)c1c(C(=O)NCCC[NH+]2CCCC[C@H]2C)cnc2cc(C(C)(C)C)nn12. The number of carbonyl (C=O) groups is 1. The quantitative estimate of drug-likeness (QED) is 0.733. The summed E-state index contributed by atoms with van der Waals surface area (Å²) in [7, 11) is 0. The van der Waals surface area contributed by atoms with Crippen molar-refractivity contribution in [1.29, 1.82) is 0 Å². The summed E-state index contributed by atoms with van der Waals surface area (Å²) >= 11 is 0. The zero-order valence-electron chi connectivity index (χ0n) is 19.0. The average molecular weight is 401 g/mol. The van der Waals surface area contributed by atoms with Gasteiger partial charge in [0.2, 0.25) is 0 Å². The van der Waals surface area contributed by atoms with E-state index < -0.39 is 0 Å². The minimum absolute atomic E-state index is 0.0439. The van der Waals surface area contributed by atoms with Crippen molar-refractivity contribution in [3.8, 4) is 0 Å². The Hall–Kier alpha value is -1.95. The van der Waals surface area contributed by atoms with Crippen LogP contribution in [-0.4, -0.2) is 46.2 Å². The standard InChI is InChI=1S/C23H37N5O/c1-16(2)21-18(15-25-20-14-19(23(4,5)6)26-28(20)21)22(29)24-11-9-13-27-12-8-7-10-17(27)3/h14-17H,7-13H2,1-6H3,(H,24,29)/p+1/t17-/m1/s1. The minimum atomic E-state index is -0.0572. The van der Waals surface area contributed by atoms with E-state index in [1.54, 1.807) is 11.1 Å². The van der Waals surface area contributed by atoms with Crippen molar-refractivity contribution in [3.05, 3.63) is 29.2 Å². The molecule has 1 aliphatic rings. The Morgan fingerprint density at radius 2 is 2.10 bits per heavy atom. The number of nitrogens with one attached hydrogen (secondary N) is 2.